The third-order valence-electron chi connectivity index (χ3n) is 4.11. The molecule has 0 aromatic heterocycles. The number of nitrogens with zero attached hydrogens (tertiary/aromatic N) is 1. The molecule has 0 aliphatic carbocycles. The summed E-state index contributed by atoms with van der Waals surface area (Å²) in [4.78, 5) is 26.2. The summed E-state index contributed by atoms with van der Waals surface area (Å²) in [6.07, 6.45) is 0. The Balaban J connectivity index is 1.96. The van der Waals surface area contributed by atoms with Crippen LogP contribution in [0.5, 0.6) is 0 Å². The lowest BCUT2D eigenvalue weighted by molar-refractivity contribution is 0.0529. The van der Waals surface area contributed by atoms with Crippen LogP contribution in [-0.4, -0.2) is 36.0 Å². The van der Waals surface area contributed by atoms with Crippen LogP contribution in [0.2, 0.25) is 0 Å². The number of imide groups is 1. The van der Waals surface area contributed by atoms with E-state index in [2.05, 4.69) is 13.8 Å². The molecular weight excluding hydrogens is 242 g/mol. The van der Waals surface area contributed by atoms with E-state index in [1.165, 1.54) is 4.90 Å². The summed E-state index contributed by atoms with van der Waals surface area (Å²) in [5.41, 5.74) is 1.03. The number of ether oxygens (including phenoxy) is 1. The minimum Gasteiger partial charge on any atom is -0.379 e. The second kappa shape index (κ2) is 4.46. The van der Waals surface area contributed by atoms with Crippen molar-refractivity contribution in [2.24, 2.45) is 11.8 Å². The summed E-state index contributed by atoms with van der Waals surface area (Å²) in [6.45, 7) is 5.28. The fraction of sp³-hybridized carbons (Fsp3) is 0.467. The van der Waals surface area contributed by atoms with E-state index in [1.54, 1.807) is 24.3 Å². The van der Waals surface area contributed by atoms with Gasteiger partial charge in [-0.1, -0.05) is 26.0 Å². The molecule has 0 saturated carbocycles. The Kier molecular flexibility index (Phi) is 2.90. The Morgan fingerprint density at radius 2 is 1.68 bits per heavy atom. The second-order valence-corrected chi connectivity index (χ2v) is 5.54. The zero-order chi connectivity index (χ0) is 13.6. The van der Waals surface area contributed by atoms with Crippen LogP contribution in [0.3, 0.4) is 0 Å². The van der Waals surface area contributed by atoms with Crippen LogP contribution in [0, 0.1) is 11.8 Å². The van der Waals surface area contributed by atoms with E-state index in [1.807, 2.05) is 0 Å². The quantitative estimate of drug-likeness (QED) is 0.763. The normalized spacial score (nSPS) is 26.4. The van der Waals surface area contributed by atoms with E-state index < -0.39 is 0 Å². The van der Waals surface area contributed by atoms with Gasteiger partial charge in [-0.3, -0.25) is 14.5 Å². The Morgan fingerprint density at radius 3 is 2.21 bits per heavy atom. The maximum atomic E-state index is 12.4. The molecule has 2 amide bonds. The highest BCUT2D eigenvalue weighted by atomic mass is 16.5. The molecule has 0 radical (unpaired) electrons. The molecule has 4 nitrogen and oxygen atoms in total. The average molecular weight is 259 g/mol. The molecule has 19 heavy (non-hydrogen) atoms. The fourth-order valence-corrected chi connectivity index (χ4v) is 2.97. The number of carbonyl (C=O) groups excluding carboxylic acids is 2. The minimum absolute atomic E-state index is 0.132. The van der Waals surface area contributed by atoms with Crippen molar-refractivity contribution in [1.29, 1.82) is 0 Å². The molecule has 0 unspecified atom stereocenters. The van der Waals surface area contributed by atoms with Gasteiger partial charge < -0.3 is 4.74 Å². The molecule has 0 N–H and O–H groups in total. The lowest BCUT2D eigenvalue weighted by atomic mass is 9.90. The summed E-state index contributed by atoms with van der Waals surface area (Å²) >= 11 is 0. The molecule has 2 atom stereocenters. The summed E-state index contributed by atoms with van der Waals surface area (Å²) in [5.74, 6) is 0.252. The number of carbonyl (C=O) groups is 2. The SMILES string of the molecule is CC(C)[C@@H]1COC[C@H]1N1C(=O)c2ccccc2C1=O. The first kappa shape index (κ1) is 12.4. The third-order valence-corrected chi connectivity index (χ3v) is 4.11. The van der Waals surface area contributed by atoms with Gasteiger partial charge in [-0.15, -0.1) is 0 Å². The maximum absolute atomic E-state index is 12.4. The molecule has 1 aromatic carbocycles. The highest BCUT2D eigenvalue weighted by Gasteiger charge is 2.45. The van der Waals surface area contributed by atoms with Gasteiger partial charge in [0.15, 0.2) is 0 Å². The van der Waals surface area contributed by atoms with Crippen molar-refractivity contribution in [3.63, 3.8) is 0 Å². The van der Waals surface area contributed by atoms with Gasteiger partial charge >= 0.3 is 0 Å². The van der Waals surface area contributed by atoms with Crippen LogP contribution < -0.4 is 0 Å². The largest absolute Gasteiger partial charge is 0.379 e. The highest BCUT2D eigenvalue weighted by molar-refractivity contribution is 6.21. The maximum Gasteiger partial charge on any atom is 0.261 e. The minimum atomic E-state index is -0.179. The van der Waals surface area contributed by atoms with Crippen LogP contribution >= 0.6 is 0 Å². The molecule has 3 rings (SSSR count). The summed E-state index contributed by atoms with van der Waals surface area (Å²) in [7, 11) is 0. The van der Waals surface area contributed by atoms with Gasteiger partial charge in [0.05, 0.1) is 30.4 Å². The second-order valence-electron chi connectivity index (χ2n) is 5.54. The summed E-state index contributed by atoms with van der Waals surface area (Å²) < 4.78 is 5.49. The predicted molar refractivity (Wildman–Crippen MR) is 69.9 cm³/mol. The van der Waals surface area contributed by atoms with E-state index in [0.717, 1.165) is 0 Å². The van der Waals surface area contributed by atoms with Gasteiger partial charge in [-0.2, -0.15) is 0 Å². The Bertz CT molecular complexity index is 503. The molecule has 0 spiro atoms. The molecule has 4 heteroatoms. The zero-order valence-corrected chi connectivity index (χ0v) is 11.1. The molecule has 1 saturated heterocycles. The van der Waals surface area contributed by atoms with Gasteiger partial charge in [0.25, 0.3) is 11.8 Å². The van der Waals surface area contributed by atoms with Crippen molar-refractivity contribution in [2.45, 2.75) is 19.9 Å². The Morgan fingerprint density at radius 1 is 1.11 bits per heavy atom. The first-order valence-electron chi connectivity index (χ1n) is 6.66. The Labute approximate surface area is 112 Å². The Hall–Kier alpha value is -1.68. The topological polar surface area (TPSA) is 46.6 Å². The number of fused-ring (bicyclic) bond motifs is 1. The van der Waals surface area contributed by atoms with Crippen LogP contribution in [-0.2, 0) is 4.74 Å². The van der Waals surface area contributed by atoms with Crippen molar-refractivity contribution in [3.8, 4) is 0 Å². The van der Waals surface area contributed by atoms with Crippen molar-refractivity contribution in [1.82, 2.24) is 4.90 Å². The molecule has 0 bridgehead atoms. The van der Waals surface area contributed by atoms with Crippen LogP contribution in [0.4, 0.5) is 0 Å². The van der Waals surface area contributed by atoms with E-state index in [9.17, 15) is 9.59 Å². The number of hydrogen-bond acceptors (Lipinski definition) is 3. The number of rotatable bonds is 2. The summed E-state index contributed by atoms with van der Waals surface area (Å²) in [5, 5.41) is 0. The van der Waals surface area contributed by atoms with Gasteiger partial charge in [0.2, 0.25) is 0 Å². The van der Waals surface area contributed by atoms with E-state index in [-0.39, 0.29) is 23.8 Å². The van der Waals surface area contributed by atoms with Gasteiger partial charge in [-0.05, 0) is 18.1 Å². The van der Waals surface area contributed by atoms with Crippen molar-refractivity contribution in [3.05, 3.63) is 35.4 Å². The lowest BCUT2D eigenvalue weighted by Gasteiger charge is -2.28. The van der Waals surface area contributed by atoms with Crippen LogP contribution in [0.25, 0.3) is 0 Å². The fourth-order valence-electron chi connectivity index (χ4n) is 2.97. The number of hydrogen-bond donors (Lipinski definition) is 0. The predicted octanol–water partition coefficient (Wildman–Crippen LogP) is 1.95. The molecule has 100 valence electrons. The first-order valence-corrected chi connectivity index (χ1v) is 6.66. The molecular formula is C15H17NO3. The van der Waals surface area contributed by atoms with Gasteiger partial charge in [0.1, 0.15) is 0 Å². The number of amides is 2. The molecule has 2 aliphatic rings. The molecule has 2 heterocycles. The highest BCUT2D eigenvalue weighted by Crippen LogP contribution is 2.32. The van der Waals surface area contributed by atoms with Crippen molar-refractivity contribution >= 4 is 11.8 Å². The molecule has 1 aromatic rings. The first-order chi connectivity index (χ1) is 9.11. The van der Waals surface area contributed by atoms with Crippen LogP contribution in [0.15, 0.2) is 24.3 Å². The van der Waals surface area contributed by atoms with E-state index in [0.29, 0.717) is 30.3 Å². The van der Waals surface area contributed by atoms with Crippen molar-refractivity contribution in [2.75, 3.05) is 13.2 Å². The standard InChI is InChI=1S/C15H17NO3/c1-9(2)12-7-19-8-13(12)16-14(17)10-5-3-4-6-11(10)15(16)18/h3-6,9,12-13H,7-8H2,1-2H3/t12-,13+/m0/s1. The lowest BCUT2D eigenvalue weighted by Crippen LogP contribution is -2.45. The molecule has 1 fully saturated rings. The van der Waals surface area contributed by atoms with Crippen molar-refractivity contribution < 1.29 is 14.3 Å². The van der Waals surface area contributed by atoms with E-state index in [4.69, 9.17) is 4.74 Å². The third kappa shape index (κ3) is 1.78. The molecule has 2 aliphatic heterocycles. The van der Waals surface area contributed by atoms with Gasteiger partial charge in [0, 0.05) is 5.92 Å². The average Bonchev–Trinajstić information content (AvgIpc) is 2.95. The van der Waals surface area contributed by atoms with E-state index >= 15 is 0 Å². The smallest absolute Gasteiger partial charge is 0.261 e. The zero-order valence-electron chi connectivity index (χ0n) is 11.1. The summed E-state index contributed by atoms with van der Waals surface area (Å²) in [6, 6.07) is 6.88. The monoisotopic (exact) mass is 259 g/mol. The van der Waals surface area contributed by atoms with Gasteiger partial charge in [-0.25, -0.2) is 0 Å². The number of benzene rings is 1. The van der Waals surface area contributed by atoms with Crippen LogP contribution in [0.1, 0.15) is 34.6 Å².